The Labute approximate surface area is 201 Å². The first-order valence-corrected chi connectivity index (χ1v) is 12.9. The number of allylic oxidation sites excluding steroid dienone is 2. The van der Waals surface area contributed by atoms with E-state index in [1.54, 1.807) is 0 Å². The molecule has 1 fully saturated rings. The maximum Gasteiger partial charge on any atom is 0.139 e. The molecule has 0 spiro atoms. The van der Waals surface area contributed by atoms with Crippen LogP contribution in [0.3, 0.4) is 0 Å². The Kier molecular flexibility index (Phi) is 6.26. The highest BCUT2D eigenvalue weighted by atomic mass is 32.1. The van der Waals surface area contributed by atoms with Gasteiger partial charge in [-0.3, -0.25) is 4.90 Å². The average Bonchev–Trinajstić information content (AvgIpc) is 3.12. The van der Waals surface area contributed by atoms with Crippen LogP contribution in [0.15, 0.2) is 64.9 Å². The van der Waals surface area contributed by atoms with E-state index < -0.39 is 0 Å². The highest BCUT2D eigenvalue weighted by molar-refractivity contribution is 7.16. The summed E-state index contributed by atoms with van der Waals surface area (Å²) in [4.78, 5) is 11.6. The first kappa shape index (κ1) is 22.2. The van der Waals surface area contributed by atoms with Crippen molar-refractivity contribution in [3.8, 4) is 0 Å². The van der Waals surface area contributed by atoms with Crippen molar-refractivity contribution in [2.24, 2.45) is 4.99 Å². The minimum atomic E-state index is 0.516. The smallest absolute Gasteiger partial charge is 0.139 e. The Morgan fingerprint density at radius 2 is 1.88 bits per heavy atom. The summed E-state index contributed by atoms with van der Waals surface area (Å²) in [5.74, 6) is 1.15. The lowest BCUT2D eigenvalue weighted by molar-refractivity contribution is 0.134. The second kappa shape index (κ2) is 9.32. The minimum Gasteiger partial charge on any atom is -0.353 e. The van der Waals surface area contributed by atoms with Crippen molar-refractivity contribution in [2.45, 2.75) is 46.1 Å². The molecule has 33 heavy (non-hydrogen) atoms. The predicted octanol–water partition coefficient (Wildman–Crippen LogP) is 6.27. The van der Waals surface area contributed by atoms with Crippen LogP contribution in [0.4, 0.5) is 5.00 Å². The number of likely N-dealkylation sites (N-methyl/N-ethyl adjacent to an activating group) is 1. The lowest BCUT2D eigenvalue weighted by atomic mass is 9.99. The second-order valence-electron chi connectivity index (χ2n) is 9.39. The van der Waals surface area contributed by atoms with Crippen molar-refractivity contribution in [2.75, 3.05) is 32.0 Å². The van der Waals surface area contributed by atoms with Crippen LogP contribution in [0, 0.1) is 6.92 Å². The summed E-state index contributed by atoms with van der Waals surface area (Å²) < 4.78 is 0. The fourth-order valence-corrected chi connectivity index (χ4v) is 6.01. The zero-order valence-electron chi connectivity index (χ0n) is 20.2. The van der Waals surface area contributed by atoms with Crippen LogP contribution in [-0.2, 0) is 6.42 Å². The molecule has 1 saturated heterocycles. The first-order valence-electron chi connectivity index (χ1n) is 12.1. The lowest BCUT2D eigenvalue weighted by Gasteiger charge is -2.41. The highest BCUT2D eigenvalue weighted by Gasteiger charge is 2.29. The molecule has 0 aliphatic carbocycles. The molecule has 172 valence electrons. The maximum absolute atomic E-state index is 5.21. The monoisotopic (exact) mass is 458 g/mol. The number of thiophene rings is 1. The summed E-state index contributed by atoms with van der Waals surface area (Å²) in [5.41, 5.74) is 5.03. The van der Waals surface area contributed by atoms with Crippen LogP contribution in [0.1, 0.15) is 42.7 Å². The third-order valence-corrected chi connectivity index (χ3v) is 8.03. The van der Waals surface area contributed by atoms with Crippen LogP contribution in [0.5, 0.6) is 0 Å². The fourth-order valence-electron chi connectivity index (χ4n) is 5.05. The second-order valence-corrected chi connectivity index (χ2v) is 10.6. The van der Waals surface area contributed by atoms with E-state index in [9.17, 15) is 0 Å². The Morgan fingerprint density at radius 3 is 2.70 bits per heavy atom. The number of benzene rings is 2. The molecule has 0 radical (unpaired) electrons. The van der Waals surface area contributed by atoms with E-state index >= 15 is 0 Å². The van der Waals surface area contributed by atoms with Gasteiger partial charge in [-0.25, -0.2) is 4.99 Å². The summed E-state index contributed by atoms with van der Waals surface area (Å²) in [6, 6.07) is 18.4. The van der Waals surface area contributed by atoms with Crippen LogP contribution in [0.25, 0.3) is 10.8 Å². The van der Waals surface area contributed by atoms with Crippen LogP contribution in [0.2, 0.25) is 0 Å². The number of nitrogens with zero attached hydrogens (tertiary/aromatic N) is 3. The molecule has 5 heteroatoms. The van der Waals surface area contributed by atoms with Crippen molar-refractivity contribution in [1.29, 1.82) is 0 Å². The third kappa shape index (κ3) is 4.57. The standard InChI is InChI=1S/C28H34N4S/c1-5-26-20(3)29-28-25(16-19(2)33-28)27(30-26)32-15-14-31(4)24(18-32)13-11-21-10-12-22-8-6-7-9-23(22)17-21/h6-10,12,16-17,24,29H,5,11,13-15,18H2,1-4H3. The Balaban J connectivity index is 1.36. The van der Waals surface area contributed by atoms with Gasteiger partial charge >= 0.3 is 0 Å². The molecule has 2 aliphatic rings. The van der Waals surface area contributed by atoms with Crippen molar-refractivity contribution < 1.29 is 0 Å². The Bertz CT molecular complexity index is 1220. The van der Waals surface area contributed by atoms with Gasteiger partial charge in [-0.05, 0) is 62.6 Å². The molecule has 1 aromatic heterocycles. The predicted molar refractivity (Wildman–Crippen MR) is 142 cm³/mol. The summed E-state index contributed by atoms with van der Waals surface area (Å²) in [5, 5.41) is 7.53. The van der Waals surface area contributed by atoms with E-state index in [-0.39, 0.29) is 0 Å². The zero-order valence-corrected chi connectivity index (χ0v) is 21.0. The van der Waals surface area contributed by atoms with Gasteiger partial charge in [0.15, 0.2) is 0 Å². The molecule has 3 heterocycles. The number of fused-ring (bicyclic) bond motifs is 2. The van der Waals surface area contributed by atoms with E-state index in [2.05, 4.69) is 91.5 Å². The molecule has 0 bridgehead atoms. The highest BCUT2D eigenvalue weighted by Crippen LogP contribution is 2.34. The van der Waals surface area contributed by atoms with Crippen LogP contribution >= 0.6 is 11.3 Å². The van der Waals surface area contributed by atoms with Crippen molar-refractivity contribution in [3.05, 3.63) is 75.9 Å². The van der Waals surface area contributed by atoms with E-state index in [1.165, 1.54) is 37.5 Å². The number of piperazine rings is 1. The Hall–Kier alpha value is -2.63. The van der Waals surface area contributed by atoms with Crippen molar-refractivity contribution in [1.82, 2.24) is 9.80 Å². The van der Waals surface area contributed by atoms with Crippen LogP contribution in [-0.4, -0.2) is 48.4 Å². The van der Waals surface area contributed by atoms with Crippen molar-refractivity contribution in [3.63, 3.8) is 0 Å². The normalized spacial score (nSPS) is 19.3. The van der Waals surface area contributed by atoms with E-state index in [4.69, 9.17) is 4.99 Å². The number of nitrogens with one attached hydrogen (secondary N) is 1. The van der Waals surface area contributed by atoms with Gasteiger partial charge in [0.05, 0.1) is 11.3 Å². The first-order chi connectivity index (χ1) is 16.0. The molecule has 4 nitrogen and oxygen atoms in total. The van der Waals surface area contributed by atoms with Gasteiger partial charge < -0.3 is 10.2 Å². The average molecular weight is 459 g/mol. The number of rotatable bonds is 4. The maximum atomic E-state index is 5.21. The molecule has 3 aromatic rings. The van der Waals surface area contributed by atoms with E-state index in [1.807, 2.05) is 11.3 Å². The lowest BCUT2D eigenvalue weighted by Crippen LogP contribution is -2.53. The number of aryl methyl sites for hydroxylation is 2. The largest absolute Gasteiger partial charge is 0.353 e. The molecule has 1 unspecified atom stereocenters. The molecule has 1 atom stereocenters. The molecular formula is C28H34N4S. The van der Waals surface area contributed by atoms with Gasteiger partial charge in [0.1, 0.15) is 10.8 Å². The molecule has 1 N–H and O–H groups in total. The molecule has 0 amide bonds. The molecule has 0 saturated carbocycles. The quantitative estimate of drug-likeness (QED) is 0.500. The molecule has 5 rings (SSSR count). The zero-order chi connectivity index (χ0) is 22.9. The number of amidine groups is 1. The van der Waals surface area contributed by atoms with Gasteiger partial charge in [0, 0.05) is 36.3 Å². The van der Waals surface area contributed by atoms with Gasteiger partial charge in [-0.2, -0.15) is 0 Å². The fraction of sp³-hybridized carbons (Fsp3) is 0.393. The number of hydrogen-bond donors (Lipinski definition) is 1. The third-order valence-electron chi connectivity index (χ3n) is 7.06. The summed E-state index contributed by atoms with van der Waals surface area (Å²) in [6.07, 6.45) is 3.20. The van der Waals surface area contributed by atoms with Crippen LogP contribution < -0.4 is 5.32 Å². The summed E-state index contributed by atoms with van der Waals surface area (Å²) in [7, 11) is 2.28. The van der Waals surface area contributed by atoms with E-state index in [0.717, 1.165) is 50.4 Å². The summed E-state index contributed by atoms with van der Waals surface area (Å²) >= 11 is 1.83. The topological polar surface area (TPSA) is 30.9 Å². The molecule has 2 aromatic carbocycles. The van der Waals surface area contributed by atoms with Gasteiger partial charge in [-0.1, -0.05) is 49.4 Å². The Morgan fingerprint density at radius 1 is 1.06 bits per heavy atom. The van der Waals surface area contributed by atoms with Crippen molar-refractivity contribution >= 4 is 32.9 Å². The SMILES string of the molecule is CCC1=C(C)Nc2sc(C)cc2C(N2CCN(C)C(CCc3ccc4ccccc4c3)C2)=N1. The number of aliphatic imine (C=N–C) groups is 1. The minimum absolute atomic E-state index is 0.516. The van der Waals surface area contributed by atoms with Gasteiger partial charge in [0.2, 0.25) is 0 Å². The van der Waals surface area contributed by atoms with Gasteiger partial charge in [0.25, 0.3) is 0 Å². The van der Waals surface area contributed by atoms with E-state index in [0.29, 0.717) is 6.04 Å². The summed E-state index contributed by atoms with van der Waals surface area (Å²) in [6.45, 7) is 9.65. The molecular weight excluding hydrogens is 424 g/mol. The molecule has 2 aliphatic heterocycles. The number of anilines is 1. The van der Waals surface area contributed by atoms with Gasteiger partial charge in [-0.15, -0.1) is 11.3 Å². The number of hydrogen-bond acceptors (Lipinski definition) is 5.